The largest absolute Gasteiger partial charge is 0.382 e. The van der Waals surface area contributed by atoms with Crippen LogP contribution in [0.4, 0.5) is 5.82 Å². The van der Waals surface area contributed by atoms with Crippen molar-refractivity contribution in [3.8, 4) is 11.1 Å². The first kappa shape index (κ1) is 18.7. The molecule has 1 fully saturated rings. The predicted molar refractivity (Wildman–Crippen MR) is 106 cm³/mol. The SMILES string of the molecule is CN(CC1CCCCN1C)C(=O)c1cccc(-c2cnc(N)c(Cl)c2)c1. The summed E-state index contributed by atoms with van der Waals surface area (Å²) in [5.74, 6) is 0.333. The van der Waals surface area contributed by atoms with Gasteiger partial charge in [0, 0.05) is 37.0 Å². The average Bonchev–Trinajstić information content (AvgIpc) is 2.65. The van der Waals surface area contributed by atoms with E-state index in [1.54, 1.807) is 12.3 Å². The molecule has 2 N–H and O–H groups in total. The maximum Gasteiger partial charge on any atom is 0.253 e. The Morgan fingerprint density at radius 3 is 2.88 bits per heavy atom. The van der Waals surface area contributed by atoms with Gasteiger partial charge in [0.25, 0.3) is 5.91 Å². The van der Waals surface area contributed by atoms with Crippen molar-refractivity contribution < 1.29 is 4.79 Å². The van der Waals surface area contributed by atoms with Crippen LogP contribution in [-0.4, -0.2) is 53.9 Å². The molecule has 0 spiro atoms. The summed E-state index contributed by atoms with van der Waals surface area (Å²) < 4.78 is 0. The van der Waals surface area contributed by atoms with E-state index in [-0.39, 0.29) is 5.91 Å². The Balaban J connectivity index is 1.76. The lowest BCUT2D eigenvalue weighted by Crippen LogP contribution is -2.45. The summed E-state index contributed by atoms with van der Waals surface area (Å²) in [5, 5.41) is 0.414. The van der Waals surface area contributed by atoms with Crippen molar-refractivity contribution in [1.29, 1.82) is 0 Å². The normalized spacial score (nSPS) is 17.9. The second-order valence-corrected chi connectivity index (χ2v) is 7.39. The molecular formula is C20H25ClN4O. The summed E-state index contributed by atoms with van der Waals surface area (Å²) in [6, 6.07) is 9.75. The number of anilines is 1. The van der Waals surface area contributed by atoms with E-state index in [2.05, 4.69) is 16.9 Å². The first-order chi connectivity index (χ1) is 12.5. The third-order valence-electron chi connectivity index (χ3n) is 5.07. The van der Waals surface area contributed by atoms with Crippen LogP contribution < -0.4 is 5.73 Å². The van der Waals surface area contributed by atoms with Gasteiger partial charge in [-0.2, -0.15) is 0 Å². The van der Waals surface area contributed by atoms with E-state index >= 15 is 0 Å². The molecular weight excluding hydrogens is 348 g/mol. The second-order valence-electron chi connectivity index (χ2n) is 6.99. The molecule has 1 aromatic carbocycles. The van der Waals surface area contributed by atoms with E-state index in [0.717, 1.165) is 30.6 Å². The zero-order chi connectivity index (χ0) is 18.7. The van der Waals surface area contributed by atoms with Crippen LogP contribution in [0.25, 0.3) is 11.1 Å². The topological polar surface area (TPSA) is 62.5 Å². The molecule has 1 aromatic heterocycles. The molecule has 0 radical (unpaired) electrons. The molecule has 6 heteroatoms. The van der Waals surface area contributed by atoms with Crippen molar-refractivity contribution in [2.75, 3.05) is 32.9 Å². The summed E-state index contributed by atoms with van der Waals surface area (Å²) >= 11 is 6.07. The molecule has 1 unspecified atom stereocenters. The number of pyridine rings is 1. The summed E-state index contributed by atoms with van der Waals surface area (Å²) in [6.45, 7) is 1.85. The maximum absolute atomic E-state index is 12.9. The maximum atomic E-state index is 12.9. The van der Waals surface area contributed by atoms with E-state index < -0.39 is 0 Å². The highest BCUT2D eigenvalue weighted by Gasteiger charge is 2.23. The molecule has 138 valence electrons. The van der Waals surface area contributed by atoms with Crippen LogP contribution in [0.15, 0.2) is 36.5 Å². The van der Waals surface area contributed by atoms with Crippen LogP contribution in [0.1, 0.15) is 29.6 Å². The lowest BCUT2D eigenvalue weighted by atomic mass is 10.0. The van der Waals surface area contributed by atoms with Gasteiger partial charge in [-0.15, -0.1) is 0 Å². The number of nitrogens with two attached hydrogens (primary N) is 1. The Kier molecular flexibility index (Phi) is 5.79. The number of carbonyl (C=O) groups is 1. The first-order valence-electron chi connectivity index (χ1n) is 8.93. The number of nitrogens with zero attached hydrogens (tertiary/aromatic N) is 3. The van der Waals surface area contributed by atoms with Crippen molar-refractivity contribution in [2.45, 2.75) is 25.3 Å². The molecule has 2 aromatic rings. The van der Waals surface area contributed by atoms with E-state index in [4.69, 9.17) is 17.3 Å². The first-order valence-corrected chi connectivity index (χ1v) is 9.30. The van der Waals surface area contributed by atoms with Gasteiger partial charge >= 0.3 is 0 Å². The molecule has 3 rings (SSSR count). The molecule has 1 aliphatic heterocycles. The van der Waals surface area contributed by atoms with E-state index in [9.17, 15) is 4.79 Å². The highest BCUT2D eigenvalue weighted by molar-refractivity contribution is 6.33. The quantitative estimate of drug-likeness (QED) is 0.891. The van der Waals surface area contributed by atoms with Crippen molar-refractivity contribution in [3.05, 3.63) is 47.1 Å². The summed E-state index contributed by atoms with van der Waals surface area (Å²) in [4.78, 5) is 21.1. The fraction of sp³-hybridized carbons (Fsp3) is 0.400. The minimum Gasteiger partial charge on any atom is -0.382 e. The standard InChI is InChI=1S/C20H25ClN4O/c1-24-9-4-3-8-17(24)13-25(2)20(26)15-7-5-6-14(10-15)16-11-18(21)19(22)23-12-16/h5-7,10-12,17H,3-4,8-9,13H2,1-2H3,(H2,22,23). The van der Waals surface area contributed by atoms with Gasteiger partial charge in [0.05, 0.1) is 5.02 Å². The summed E-state index contributed by atoms with van der Waals surface area (Å²) in [5.41, 5.74) is 8.08. The number of amides is 1. The zero-order valence-electron chi connectivity index (χ0n) is 15.3. The van der Waals surface area contributed by atoms with Crippen molar-refractivity contribution in [3.63, 3.8) is 0 Å². The number of piperidine rings is 1. The molecule has 5 nitrogen and oxygen atoms in total. The van der Waals surface area contributed by atoms with Crippen LogP contribution in [0.3, 0.4) is 0 Å². The third-order valence-corrected chi connectivity index (χ3v) is 5.37. The van der Waals surface area contributed by atoms with Gasteiger partial charge in [-0.05, 0) is 50.2 Å². The fourth-order valence-corrected chi connectivity index (χ4v) is 3.60. The smallest absolute Gasteiger partial charge is 0.253 e. The number of nitrogen functional groups attached to an aromatic ring is 1. The molecule has 26 heavy (non-hydrogen) atoms. The number of likely N-dealkylation sites (tertiary alicyclic amines) is 1. The monoisotopic (exact) mass is 372 g/mol. The Bertz CT molecular complexity index is 795. The van der Waals surface area contributed by atoms with Crippen LogP contribution in [0.2, 0.25) is 5.02 Å². The number of hydrogen-bond donors (Lipinski definition) is 1. The zero-order valence-corrected chi connectivity index (χ0v) is 16.0. The Morgan fingerprint density at radius 2 is 2.15 bits per heavy atom. The van der Waals surface area contributed by atoms with Gasteiger partial charge in [0.15, 0.2) is 0 Å². The molecule has 0 bridgehead atoms. The molecule has 1 amide bonds. The average molecular weight is 373 g/mol. The predicted octanol–water partition coefficient (Wildman–Crippen LogP) is 3.54. The van der Waals surface area contributed by atoms with Crippen LogP contribution in [0.5, 0.6) is 0 Å². The van der Waals surface area contributed by atoms with E-state index in [1.165, 1.54) is 12.8 Å². The number of halogens is 1. The molecule has 1 atom stereocenters. The molecule has 2 heterocycles. The Morgan fingerprint density at radius 1 is 1.35 bits per heavy atom. The minimum absolute atomic E-state index is 0.0281. The Hall–Kier alpha value is -2.11. The molecule has 0 aliphatic carbocycles. The summed E-state index contributed by atoms with van der Waals surface area (Å²) in [6.07, 6.45) is 5.29. The Labute approximate surface area is 159 Å². The minimum atomic E-state index is 0.0281. The van der Waals surface area contributed by atoms with Gasteiger partial charge in [0.1, 0.15) is 5.82 Å². The molecule has 1 saturated heterocycles. The van der Waals surface area contributed by atoms with Gasteiger partial charge in [-0.3, -0.25) is 4.79 Å². The van der Waals surface area contributed by atoms with Crippen LogP contribution in [-0.2, 0) is 0 Å². The van der Waals surface area contributed by atoms with Crippen LogP contribution >= 0.6 is 11.6 Å². The van der Waals surface area contributed by atoms with Crippen molar-refractivity contribution in [1.82, 2.24) is 14.8 Å². The number of likely N-dealkylation sites (N-methyl/N-ethyl adjacent to an activating group) is 2. The van der Waals surface area contributed by atoms with Gasteiger partial charge in [-0.25, -0.2) is 4.98 Å². The number of hydrogen-bond acceptors (Lipinski definition) is 4. The molecule has 0 saturated carbocycles. The van der Waals surface area contributed by atoms with Crippen LogP contribution in [0, 0.1) is 0 Å². The highest BCUT2D eigenvalue weighted by atomic mass is 35.5. The fourth-order valence-electron chi connectivity index (χ4n) is 3.43. The lowest BCUT2D eigenvalue weighted by molar-refractivity contribution is 0.0717. The van der Waals surface area contributed by atoms with Gasteiger partial charge in [0.2, 0.25) is 0 Å². The number of rotatable bonds is 4. The second kappa shape index (κ2) is 8.06. The lowest BCUT2D eigenvalue weighted by Gasteiger charge is -2.35. The van der Waals surface area contributed by atoms with E-state index in [1.807, 2.05) is 36.2 Å². The van der Waals surface area contributed by atoms with Gasteiger partial charge < -0.3 is 15.5 Å². The van der Waals surface area contributed by atoms with Crippen molar-refractivity contribution in [2.24, 2.45) is 0 Å². The van der Waals surface area contributed by atoms with Gasteiger partial charge in [-0.1, -0.05) is 30.2 Å². The third kappa shape index (κ3) is 4.17. The number of benzene rings is 1. The number of aromatic nitrogens is 1. The van der Waals surface area contributed by atoms with E-state index in [0.29, 0.717) is 22.4 Å². The highest BCUT2D eigenvalue weighted by Crippen LogP contribution is 2.26. The molecule has 1 aliphatic rings. The summed E-state index contributed by atoms with van der Waals surface area (Å²) in [7, 11) is 4.01. The number of carbonyl (C=O) groups excluding carboxylic acids is 1. The van der Waals surface area contributed by atoms with Crippen molar-refractivity contribution >= 4 is 23.3 Å².